The van der Waals surface area contributed by atoms with Gasteiger partial charge in [-0.05, 0) is 42.5 Å². The van der Waals surface area contributed by atoms with Gasteiger partial charge in [0.25, 0.3) is 0 Å². The summed E-state index contributed by atoms with van der Waals surface area (Å²) in [6.45, 7) is 6.39. The topological polar surface area (TPSA) is 0 Å². The highest BCUT2D eigenvalue weighted by Crippen LogP contribution is 2.31. The van der Waals surface area contributed by atoms with E-state index in [-0.39, 0.29) is 5.38 Å². The SMILES string of the molecule is CCc1ccc(C(Cl)c2ccc(C)cc2C)cc1. The fraction of sp³-hybridized carbons (Fsp3) is 0.294. The zero-order valence-electron chi connectivity index (χ0n) is 11.2. The summed E-state index contributed by atoms with van der Waals surface area (Å²) in [4.78, 5) is 0. The van der Waals surface area contributed by atoms with Gasteiger partial charge in [0.2, 0.25) is 0 Å². The van der Waals surface area contributed by atoms with E-state index in [1.807, 2.05) is 0 Å². The lowest BCUT2D eigenvalue weighted by Gasteiger charge is -2.14. The number of benzene rings is 2. The molecule has 0 aliphatic heterocycles. The number of alkyl halides is 1. The Morgan fingerprint density at radius 2 is 1.67 bits per heavy atom. The lowest BCUT2D eigenvalue weighted by molar-refractivity contribution is 1.08. The number of halogens is 1. The first-order chi connectivity index (χ1) is 8.61. The first kappa shape index (κ1) is 13.2. The molecule has 2 aromatic carbocycles. The monoisotopic (exact) mass is 258 g/mol. The molecule has 0 N–H and O–H groups in total. The Morgan fingerprint density at radius 1 is 1.00 bits per heavy atom. The van der Waals surface area contributed by atoms with Crippen molar-refractivity contribution in [1.29, 1.82) is 0 Å². The van der Waals surface area contributed by atoms with E-state index in [0.717, 1.165) is 6.42 Å². The highest BCUT2D eigenvalue weighted by molar-refractivity contribution is 6.22. The van der Waals surface area contributed by atoms with Crippen LogP contribution >= 0.6 is 11.6 Å². The quantitative estimate of drug-likeness (QED) is 0.665. The van der Waals surface area contributed by atoms with E-state index in [1.54, 1.807) is 0 Å². The van der Waals surface area contributed by atoms with E-state index < -0.39 is 0 Å². The molecule has 0 heterocycles. The molecule has 0 spiro atoms. The maximum absolute atomic E-state index is 6.58. The van der Waals surface area contributed by atoms with Crippen molar-refractivity contribution in [2.75, 3.05) is 0 Å². The van der Waals surface area contributed by atoms with Crippen LogP contribution in [0, 0.1) is 13.8 Å². The predicted molar refractivity (Wildman–Crippen MR) is 79.4 cm³/mol. The van der Waals surface area contributed by atoms with Crippen LogP contribution in [-0.2, 0) is 6.42 Å². The fourth-order valence-electron chi connectivity index (χ4n) is 2.21. The molecule has 2 rings (SSSR count). The molecule has 0 radical (unpaired) electrons. The summed E-state index contributed by atoms with van der Waals surface area (Å²) in [7, 11) is 0. The van der Waals surface area contributed by atoms with Crippen LogP contribution in [-0.4, -0.2) is 0 Å². The lowest BCUT2D eigenvalue weighted by Crippen LogP contribution is -1.97. The van der Waals surface area contributed by atoms with Crippen LogP contribution in [0.2, 0.25) is 0 Å². The second-order valence-corrected chi connectivity index (χ2v) is 5.25. The molecular weight excluding hydrogens is 240 g/mol. The molecule has 0 amide bonds. The standard InChI is InChI=1S/C17H19Cl/c1-4-14-6-8-15(9-7-14)17(18)16-10-5-12(2)11-13(16)3/h5-11,17H,4H2,1-3H3. The maximum atomic E-state index is 6.58. The summed E-state index contributed by atoms with van der Waals surface area (Å²) in [5.74, 6) is 0. The van der Waals surface area contributed by atoms with Crippen molar-refractivity contribution in [3.05, 3.63) is 70.3 Å². The molecule has 0 aliphatic carbocycles. The maximum Gasteiger partial charge on any atom is 0.0838 e. The predicted octanol–water partition coefficient (Wildman–Crippen LogP) is 5.19. The molecule has 0 fully saturated rings. The van der Waals surface area contributed by atoms with E-state index >= 15 is 0 Å². The summed E-state index contributed by atoms with van der Waals surface area (Å²) in [6.07, 6.45) is 1.07. The number of hydrogen-bond donors (Lipinski definition) is 0. The minimum absolute atomic E-state index is 0.0588. The summed E-state index contributed by atoms with van der Waals surface area (Å²) >= 11 is 6.58. The second-order valence-electron chi connectivity index (χ2n) is 4.82. The Morgan fingerprint density at radius 3 is 2.22 bits per heavy atom. The third-order valence-corrected chi connectivity index (χ3v) is 3.87. The Bertz CT molecular complexity index is 526. The molecule has 1 heteroatoms. The Balaban J connectivity index is 2.31. The van der Waals surface area contributed by atoms with Crippen molar-refractivity contribution < 1.29 is 0 Å². The molecule has 0 saturated heterocycles. The highest BCUT2D eigenvalue weighted by Gasteiger charge is 2.12. The molecular formula is C17H19Cl. The third-order valence-electron chi connectivity index (χ3n) is 3.38. The summed E-state index contributed by atoms with van der Waals surface area (Å²) < 4.78 is 0. The minimum Gasteiger partial charge on any atom is -0.113 e. The minimum atomic E-state index is -0.0588. The zero-order chi connectivity index (χ0) is 13.1. The van der Waals surface area contributed by atoms with Gasteiger partial charge in [-0.25, -0.2) is 0 Å². The van der Waals surface area contributed by atoms with Crippen LogP contribution in [0.1, 0.15) is 40.1 Å². The molecule has 1 unspecified atom stereocenters. The summed E-state index contributed by atoms with van der Waals surface area (Å²) in [5, 5.41) is -0.0588. The largest absolute Gasteiger partial charge is 0.113 e. The first-order valence-electron chi connectivity index (χ1n) is 6.42. The summed E-state index contributed by atoms with van der Waals surface area (Å²) in [6, 6.07) is 15.0. The Labute approximate surface area is 115 Å². The van der Waals surface area contributed by atoms with Crippen molar-refractivity contribution in [3.8, 4) is 0 Å². The lowest BCUT2D eigenvalue weighted by atomic mass is 9.97. The van der Waals surface area contributed by atoms with Crippen molar-refractivity contribution in [2.45, 2.75) is 32.6 Å². The summed E-state index contributed by atoms with van der Waals surface area (Å²) in [5.41, 5.74) is 6.26. The normalized spacial score (nSPS) is 12.4. The molecule has 1 atom stereocenters. The first-order valence-corrected chi connectivity index (χ1v) is 6.85. The van der Waals surface area contributed by atoms with Crippen LogP contribution in [0.3, 0.4) is 0 Å². The van der Waals surface area contributed by atoms with Gasteiger partial charge in [-0.15, -0.1) is 11.6 Å². The zero-order valence-corrected chi connectivity index (χ0v) is 12.0. The van der Waals surface area contributed by atoms with Gasteiger partial charge in [-0.2, -0.15) is 0 Å². The molecule has 2 aromatic rings. The number of aryl methyl sites for hydroxylation is 3. The Hall–Kier alpha value is -1.27. The van der Waals surface area contributed by atoms with Crippen molar-refractivity contribution >= 4 is 11.6 Å². The smallest absolute Gasteiger partial charge is 0.0838 e. The van der Waals surface area contributed by atoms with Crippen molar-refractivity contribution in [2.24, 2.45) is 0 Å². The third kappa shape index (κ3) is 2.76. The number of hydrogen-bond acceptors (Lipinski definition) is 0. The van der Waals surface area contributed by atoms with Crippen molar-refractivity contribution in [3.63, 3.8) is 0 Å². The van der Waals surface area contributed by atoms with Gasteiger partial charge in [0, 0.05) is 0 Å². The van der Waals surface area contributed by atoms with Crippen LogP contribution in [0.25, 0.3) is 0 Å². The molecule has 0 aromatic heterocycles. The van der Waals surface area contributed by atoms with Gasteiger partial charge in [-0.1, -0.05) is 55.0 Å². The van der Waals surface area contributed by atoms with Crippen LogP contribution in [0.15, 0.2) is 42.5 Å². The van der Waals surface area contributed by atoms with E-state index in [9.17, 15) is 0 Å². The molecule has 0 saturated carbocycles. The van der Waals surface area contributed by atoms with E-state index in [2.05, 4.69) is 63.2 Å². The molecule has 18 heavy (non-hydrogen) atoms. The average molecular weight is 259 g/mol. The van der Waals surface area contributed by atoms with Gasteiger partial charge < -0.3 is 0 Å². The van der Waals surface area contributed by atoms with Crippen LogP contribution in [0.4, 0.5) is 0 Å². The van der Waals surface area contributed by atoms with Crippen LogP contribution < -0.4 is 0 Å². The second kappa shape index (κ2) is 5.58. The average Bonchev–Trinajstić information content (AvgIpc) is 2.38. The Kier molecular flexibility index (Phi) is 4.08. The van der Waals surface area contributed by atoms with Crippen molar-refractivity contribution in [1.82, 2.24) is 0 Å². The van der Waals surface area contributed by atoms with Crippen LogP contribution in [0.5, 0.6) is 0 Å². The van der Waals surface area contributed by atoms with E-state index in [1.165, 1.54) is 27.8 Å². The number of rotatable bonds is 3. The highest BCUT2D eigenvalue weighted by atomic mass is 35.5. The molecule has 94 valence electrons. The van der Waals surface area contributed by atoms with Gasteiger partial charge >= 0.3 is 0 Å². The van der Waals surface area contributed by atoms with E-state index in [0.29, 0.717) is 0 Å². The van der Waals surface area contributed by atoms with Gasteiger partial charge in [0.1, 0.15) is 0 Å². The molecule has 0 aliphatic rings. The van der Waals surface area contributed by atoms with Gasteiger partial charge in [0.05, 0.1) is 5.38 Å². The fourth-order valence-corrected chi connectivity index (χ4v) is 2.60. The van der Waals surface area contributed by atoms with E-state index in [4.69, 9.17) is 11.6 Å². The van der Waals surface area contributed by atoms with Gasteiger partial charge in [0.15, 0.2) is 0 Å². The molecule has 0 nitrogen and oxygen atoms in total. The molecule has 0 bridgehead atoms. The van der Waals surface area contributed by atoms with Gasteiger partial charge in [-0.3, -0.25) is 0 Å².